The smallest absolute Gasteiger partial charge is 0.311 e. The molecular formula is C26H32FN5O5. The van der Waals surface area contributed by atoms with Gasteiger partial charge in [0.15, 0.2) is 5.69 Å². The molecule has 37 heavy (non-hydrogen) atoms. The van der Waals surface area contributed by atoms with Gasteiger partial charge in [-0.05, 0) is 55.2 Å². The predicted octanol–water partition coefficient (Wildman–Crippen LogP) is 1.65. The van der Waals surface area contributed by atoms with E-state index in [-0.39, 0.29) is 24.2 Å². The number of aromatic hydroxyl groups is 1. The molecule has 11 heteroatoms. The van der Waals surface area contributed by atoms with Gasteiger partial charge in [0.2, 0.25) is 5.75 Å². The number of likely N-dealkylation sites (N-methyl/N-ethyl adjacent to an activating group) is 1. The van der Waals surface area contributed by atoms with Crippen LogP contribution >= 0.6 is 0 Å². The van der Waals surface area contributed by atoms with Gasteiger partial charge in [-0.1, -0.05) is 26.0 Å². The minimum atomic E-state index is -1.13. The van der Waals surface area contributed by atoms with Crippen LogP contribution in [0.1, 0.15) is 61.4 Å². The highest BCUT2D eigenvalue weighted by Crippen LogP contribution is 2.43. The lowest BCUT2D eigenvalue weighted by Crippen LogP contribution is -2.54. The number of nitrogens with one attached hydrogen (secondary N) is 2. The first-order valence-corrected chi connectivity index (χ1v) is 12.5. The summed E-state index contributed by atoms with van der Waals surface area (Å²) in [6.07, 6.45) is 2.26. The molecule has 2 aromatic rings. The Hall–Kier alpha value is -3.76. The van der Waals surface area contributed by atoms with E-state index in [1.807, 2.05) is 13.8 Å². The molecule has 3 heterocycles. The number of halogens is 1. The number of benzene rings is 1. The average Bonchev–Trinajstić information content (AvgIpc) is 3.10. The Bertz CT molecular complexity index is 1270. The largest absolute Gasteiger partial charge is 0.501 e. The van der Waals surface area contributed by atoms with E-state index in [2.05, 4.69) is 15.6 Å². The predicted molar refractivity (Wildman–Crippen MR) is 132 cm³/mol. The van der Waals surface area contributed by atoms with Crippen molar-refractivity contribution in [2.75, 3.05) is 13.6 Å². The number of rotatable bonds is 6. The van der Waals surface area contributed by atoms with E-state index in [4.69, 9.17) is 0 Å². The van der Waals surface area contributed by atoms with Gasteiger partial charge in [0, 0.05) is 26.7 Å². The second kappa shape index (κ2) is 10.3. The number of carbonyl (C=O) groups is 3. The van der Waals surface area contributed by atoms with Crippen molar-refractivity contribution in [3.63, 3.8) is 0 Å². The zero-order chi connectivity index (χ0) is 26.9. The Morgan fingerprint density at radius 1 is 1.22 bits per heavy atom. The molecule has 5 rings (SSSR count). The molecule has 198 valence electrons. The molecule has 0 radical (unpaired) electrons. The average molecular weight is 514 g/mol. The van der Waals surface area contributed by atoms with E-state index >= 15 is 0 Å². The maximum Gasteiger partial charge on any atom is 0.311 e. The molecule has 2 aliphatic heterocycles. The summed E-state index contributed by atoms with van der Waals surface area (Å²) < 4.78 is 14.5. The van der Waals surface area contributed by atoms with Crippen LogP contribution < -0.4 is 16.2 Å². The van der Waals surface area contributed by atoms with Crippen LogP contribution in [0, 0.1) is 17.7 Å². The third kappa shape index (κ3) is 5.35. The van der Waals surface area contributed by atoms with Crippen molar-refractivity contribution < 1.29 is 23.9 Å². The number of aromatic nitrogens is 2. The van der Waals surface area contributed by atoms with Gasteiger partial charge >= 0.3 is 11.8 Å². The van der Waals surface area contributed by atoms with Gasteiger partial charge < -0.3 is 20.6 Å². The van der Waals surface area contributed by atoms with Crippen molar-refractivity contribution in [3.8, 4) is 5.75 Å². The van der Waals surface area contributed by atoms with E-state index in [1.165, 1.54) is 33.7 Å². The van der Waals surface area contributed by atoms with Crippen LogP contribution in [0.5, 0.6) is 5.75 Å². The topological polar surface area (TPSA) is 134 Å². The summed E-state index contributed by atoms with van der Waals surface area (Å²) in [7, 11) is 1.56. The van der Waals surface area contributed by atoms with E-state index < -0.39 is 46.1 Å². The maximum absolute atomic E-state index is 13.2. The summed E-state index contributed by atoms with van der Waals surface area (Å²) in [5.74, 6) is -3.00. The van der Waals surface area contributed by atoms with Crippen molar-refractivity contribution >= 4 is 17.7 Å². The Kier molecular flexibility index (Phi) is 7.33. The lowest BCUT2D eigenvalue weighted by molar-refractivity contribution is -0.146. The Morgan fingerprint density at radius 2 is 1.86 bits per heavy atom. The molecule has 3 N–H and O–H groups in total. The van der Waals surface area contributed by atoms with Crippen LogP contribution in [0.15, 0.2) is 29.1 Å². The molecule has 0 saturated heterocycles. The number of nitrogens with zero attached hydrogens (tertiary/aromatic N) is 3. The van der Waals surface area contributed by atoms with Crippen LogP contribution in [0.25, 0.3) is 0 Å². The van der Waals surface area contributed by atoms with Gasteiger partial charge in [-0.2, -0.15) is 0 Å². The van der Waals surface area contributed by atoms with Gasteiger partial charge in [0.1, 0.15) is 11.6 Å². The van der Waals surface area contributed by atoms with E-state index in [9.17, 15) is 28.7 Å². The summed E-state index contributed by atoms with van der Waals surface area (Å²) in [5, 5.41) is 16.0. The molecule has 1 aromatic carbocycles. The number of fused-ring (bicyclic) bond motifs is 2. The SMILES string of the molecule is CC(C)CN(C)C(=O)C(=O)NC12CCC(CC1)Cn1c2nc(C(=O)NCc2ccc(F)cc2)c(O)c1=O. The number of hydrogen-bond donors (Lipinski definition) is 3. The molecule has 1 aliphatic carbocycles. The molecule has 0 unspecified atom stereocenters. The lowest BCUT2D eigenvalue weighted by atomic mass is 9.77. The molecule has 10 nitrogen and oxygen atoms in total. The van der Waals surface area contributed by atoms with E-state index in [0.29, 0.717) is 44.3 Å². The highest BCUT2D eigenvalue weighted by atomic mass is 19.1. The lowest BCUT2D eigenvalue weighted by Gasteiger charge is -2.37. The van der Waals surface area contributed by atoms with Gasteiger partial charge in [-0.25, -0.2) is 9.37 Å². The van der Waals surface area contributed by atoms with Crippen LogP contribution in [0.3, 0.4) is 0 Å². The molecule has 0 atom stereocenters. The van der Waals surface area contributed by atoms with E-state index in [1.54, 1.807) is 7.05 Å². The molecule has 0 spiro atoms. The third-order valence-corrected chi connectivity index (χ3v) is 7.09. The zero-order valence-corrected chi connectivity index (χ0v) is 21.2. The fourth-order valence-corrected chi connectivity index (χ4v) is 5.20. The van der Waals surface area contributed by atoms with Crippen molar-refractivity contribution in [2.45, 2.75) is 58.2 Å². The van der Waals surface area contributed by atoms with Crippen LogP contribution in [-0.4, -0.2) is 50.9 Å². The van der Waals surface area contributed by atoms with Crippen LogP contribution in [0.4, 0.5) is 4.39 Å². The van der Waals surface area contributed by atoms with Gasteiger partial charge in [0.05, 0.1) is 5.54 Å². The molecular weight excluding hydrogens is 481 g/mol. The maximum atomic E-state index is 13.2. The number of amides is 3. The standard InChI is InChI=1S/C26H32FN5O5/c1-15(2)13-31(3)24(37)22(35)30-26-10-8-17(9-11-26)14-32-23(36)20(33)19(29-25(26)32)21(34)28-12-16-4-6-18(27)7-5-16/h4-7,15,17,33H,8-14H2,1-3H3,(H,28,34)(H,30,35). The number of carbonyl (C=O) groups excluding carboxylic acids is 3. The van der Waals surface area contributed by atoms with Gasteiger partial charge in [0.25, 0.3) is 11.5 Å². The fraction of sp³-hybridized carbons (Fsp3) is 0.500. The monoisotopic (exact) mass is 513 g/mol. The summed E-state index contributed by atoms with van der Waals surface area (Å²) in [6, 6.07) is 5.53. The molecule has 1 aromatic heterocycles. The summed E-state index contributed by atoms with van der Waals surface area (Å²) in [6.45, 7) is 4.61. The third-order valence-electron chi connectivity index (χ3n) is 7.09. The van der Waals surface area contributed by atoms with Crippen LogP contribution in [-0.2, 0) is 28.2 Å². The van der Waals surface area contributed by atoms with Crippen molar-refractivity contribution in [2.24, 2.45) is 11.8 Å². The summed E-state index contributed by atoms with van der Waals surface area (Å²) >= 11 is 0. The first kappa shape index (κ1) is 26.3. The summed E-state index contributed by atoms with van der Waals surface area (Å²) in [4.78, 5) is 57.7. The Morgan fingerprint density at radius 3 is 2.49 bits per heavy atom. The minimum Gasteiger partial charge on any atom is -0.501 e. The van der Waals surface area contributed by atoms with Crippen molar-refractivity contribution in [1.82, 2.24) is 25.1 Å². The molecule has 3 aliphatic rings. The highest BCUT2D eigenvalue weighted by Gasteiger charge is 2.46. The first-order chi connectivity index (χ1) is 17.5. The highest BCUT2D eigenvalue weighted by molar-refractivity contribution is 6.35. The Labute approximate surface area is 213 Å². The molecule has 3 amide bonds. The van der Waals surface area contributed by atoms with Crippen molar-refractivity contribution in [3.05, 3.63) is 57.5 Å². The minimum absolute atomic E-state index is 0.0271. The second-order valence-electron chi connectivity index (χ2n) is 10.4. The second-order valence-corrected chi connectivity index (χ2v) is 10.4. The van der Waals surface area contributed by atoms with Gasteiger partial charge in [-0.3, -0.25) is 23.7 Å². The molecule has 2 bridgehead atoms. The summed E-state index contributed by atoms with van der Waals surface area (Å²) in [5.41, 5.74) is -1.74. The fourth-order valence-electron chi connectivity index (χ4n) is 5.20. The molecule has 1 saturated carbocycles. The van der Waals surface area contributed by atoms with Crippen LogP contribution in [0.2, 0.25) is 0 Å². The normalized spacial score (nSPS) is 20.2. The molecule has 1 fully saturated rings. The van der Waals surface area contributed by atoms with Gasteiger partial charge in [-0.15, -0.1) is 0 Å². The zero-order valence-electron chi connectivity index (χ0n) is 21.2. The van der Waals surface area contributed by atoms with E-state index in [0.717, 1.165) is 0 Å². The Balaban J connectivity index is 1.66. The van der Waals surface area contributed by atoms with Crippen molar-refractivity contribution in [1.29, 1.82) is 0 Å². The number of hydrogen-bond acceptors (Lipinski definition) is 6. The first-order valence-electron chi connectivity index (χ1n) is 12.5. The quantitative estimate of drug-likeness (QED) is 0.503.